The summed E-state index contributed by atoms with van der Waals surface area (Å²) in [6, 6.07) is 7.61. The van der Waals surface area contributed by atoms with Crippen LogP contribution in [0.3, 0.4) is 0 Å². The van der Waals surface area contributed by atoms with Crippen molar-refractivity contribution in [2.24, 2.45) is 0 Å². The third-order valence-electron chi connectivity index (χ3n) is 3.81. The van der Waals surface area contributed by atoms with Crippen LogP contribution in [0, 0.1) is 5.82 Å². The highest BCUT2D eigenvalue weighted by molar-refractivity contribution is 5.98. The van der Waals surface area contributed by atoms with E-state index in [0.717, 1.165) is 5.56 Å². The van der Waals surface area contributed by atoms with Gasteiger partial charge in [0.05, 0.1) is 6.54 Å². The number of nitrogens with one attached hydrogen (secondary N) is 1. The first-order chi connectivity index (χ1) is 11.4. The van der Waals surface area contributed by atoms with Crippen molar-refractivity contribution in [2.75, 3.05) is 6.54 Å². The fraction of sp³-hybridized carbons (Fsp3) is 0.353. The number of fused-ring (bicyclic) bond motifs is 1. The van der Waals surface area contributed by atoms with Crippen LogP contribution in [0.2, 0.25) is 0 Å². The Morgan fingerprint density at radius 2 is 2.00 bits per heavy atom. The molecule has 3 rings (SSSR count). The first kappa shape index (κ1) is 16.2. The maximum atomic E-state index is 13.0. The zero-order valence-corrected chi connectivity index (χ0v) is 13.6. The van der Waals surface area contributed by atoms with Crippen LogP contribution in [-0.4, -0.2) is 39.1 Å². The molecule has 0 aliphatic carbocycles. The summed E-state index contributed by atoms with van der Waals surface area (Å²) in [5.74, 6) is -0.769. The molecule has 0 spiro atoms. The largest absolute Gasteiger partial charge is 0.348 e. The number of halogens is 1. The molecule has 1 aromatic heterocycles. The average molecular weight is 330 g/mol. The number of carbonyl (C=O) groups excluding carboxylic acids is 2. The standard InChI is InChI=1S/C17H19FN4O2/c1-11(2)19-16(23)14-9-15-17(24)21(7-8-22(15)20-14)10-12-3-5-13(18)6-4-12/h3-6,9,11H,7-8,10H2,1-2H3,(H,19,23). The van der Waals surface area contributed by atoms with Gasteiger partial charge in [0, 0.05) is 25.2 Å². The summed E-state index contributed by atoms with van der Waals surface area (Å²) in [6.45, 7) is 5.15. The summed E-state index contributed by atoms with van der Waals surface area (Å²) in [5.41, 5.74) is 1.50. The third kappa shape index (κ3) is 3.29. The van der Waals surface area contributed by atoms with Gasteiger partial charge in [0.15, 0.2) is 5.69 Å². The lowest BCUT2D eigenvalue weighted by Crippen LogP contribution is -2.39. The predicted octanol–water partition coefficient (Wildman–Crippen LogP) is 1.82. The highest BCUT2D eigenvalue weighted by Gasteiger charge is 2.28. The first-order valence-electron chi connectivity index (χ1n) is 7.86. The van der Waals surface area contributed by atoms with Gasteiger partial charge in [0.1, 0.15) is 11.5 Å². The molecule has 0 saturated heterocycles. The molecule has 0 unspecified atom stereocenters. The smallest absolute Gasteiger partial charge is 0.272 e. The average Bonchev–Trinajstić information content (AvgIpc) is 2.97. The summed E-state index contributed by atoms with van der Waals surface area (Å²) < 4.78 is 14.5. The van der Waals surface area contributed by atoms with Crippen molar-refractivity contribution in [3.05, 3.63) is 53.1 Å². The van der Waals surface area contributed by atoms with Crippen LogP contribution >= 0.6 is 0 Å². The van der Waals surface area contributed by atoms with Gasteiger partial charge in [-0.25, -0.2) is 4.39 Å². The molecule has 0 atom stereocenters. The predicted molar refractivity (Wildman–Crippen MR) is 86.0 cm³/mol. The fourth-order valence-electron chi connectivity index (χ4n) is 2.65. The van der Waals surface area contributed by atoms with Crippen molar-refractivity contribution >= 4 is 11.8 Å². The van der Waals surface area contributed by atoms with Crippen LogP contribution in [0.15, 0.2) is 30.3 Å². The minimum atomic E-state index is -0.303. The Hall–Kier alpha value is -2.70. The molecule has 0 saturated carbocycles. The lowest BCUT2D eigenvalue weighted by Gasteiger charge is -2.27. The van der Waals surface area contributed by atoms with Crippen molar-refractivity contribution in [2.45, 2.75) is 33.0 Å². The van der Waals surface area contributed by atoms with Gasteiger partial charge in [0.25, 0.3) is 11.8 Å². The van der Waals surface area contributed by atoms with Crippen LogP contribution in [0.1, 0.15) is 40.4 Å². The molecule has 6 nitrogen and oxygen atoms in total. The van der Waals surface area contributed by atoms with Crippen LogP contribution in [0.4, 0.5) is 4.39 Å². The highest BCUT2D eigenvalue weighted by atomic mass is 19.1. The number of rotatable bonds is 4. The molecular formula is C17H19FN4O2. The van der Waals surface area contributed by atoms with Gasteiger partial charge >= 0.3 is 0 Å². The van der Waals surface area contributed by atoms with Gasteiger partial charge in [-0.3, -0.25) is 14.3 Å². The van der Waals surface area contributed by atoms with Crippen LogP contribution in [-0.2, 0) is 13.1 Å². The van der Waals surface area contributed by atoms with E-state index in [1.54, 1.807) is 21.7 Å². The number of amides is 2. The summed E-state index contributed by atoms with van der Waals surface area (Å²) >= 11 is 0. The Kier molecular flexibility index (Phi) is 4.33. The van der Waals surface area contributed by atoms with Gasteiger partial charge in [-0.15, -0.1) is 0 Å². The zero-order valence-electron chi connectivity index (χ0n) is 13.6. The number of nitrogens with zero attached hydrogens (tertiary/aromatic N) is 3. The van der Waals surface area contributed by atoms with Gasteiger partial charge in [0.2, 0.25) is 0 Å². The second kappa shape index (κ2) is 6.43. The van der Waals surface area contributed by atoms with Gasteiger partial charge in [-0.2, -0.15) is 5.10 Å². The maximum Gasteiger partial charge on any atom is 0.272 e. The maximum absolute atomic E-state index is 13.0. The SMILES string of the molecule is CC(C)NC(=O)c1cc2n(n1)CCN(Cc1ccc(F)cc1)C2=O. The molecular weight excluding hydrogens is 311 g/mol. The lowest BCUT2D eigenvalue weighted by atomic mass is 10.2. The topological polar surface area (TPSA) is 67.2 Å². The van der Waals surface area contributed by atoms with E-state index >= 15 is 0 Å². The molecule has 2 heterocycles. The zero-order chi connectivity index (χ0) is 17.3. The Balaban J connectivity index is 1.76. The van der Waals surface area contributed by atoms with E-state index in [0.29, 0.717) is 25.3 Å². The molecule has 24 heavy (non-hydrogen) atoms. The molecule has 1 aliphatic rings. The number of hydrogen-bond donors (Lipinski definition) is 1. The number of hydrogen-bond acceptors (Lipinski definition) is 3. The Morgan fingerprint density at radius 1 is 1.29 bits per heavy atom. The van der Waals surface area contributed by atoms with Crippen molar-refractivity contribution < 1.29 is 14.0 Å². The number of aromatic nitrogens is 2. The van der Waals surface area contributed by atoms with Gasteiger partial charge in [-0.1, -0.05) is 12.1 Å². The molecule has 7 heteroatoms. The highest BCUT2D eigenvalue weighted by Crippen LogP contribution is 2.17. The fourth-order valence-corrected chi connectivity index (χ4v) is 2.65. The van der Waals surface area contributed by atoms with Crippen molar-refractivity contribution in [3.63, 3.8) is 0 Å². The molecule has 0 radical (unpaired) electrons. The van der Waals surface area contributed by atoms with E-state index in [1.165, 1.54) is 18.2 Å². The van der Waals surface area contributed by atoms with Crippen LogP contribution in [0.25, 0.3) is 0 Å². The van der Waals surface area contributed by atoms with Crippen molar-refractivity contribution in [1.29, 1.82) is 0 Å². The molecule has 2 amide bonds. The van der Waals surface area contributed by atoms with E-state index in [1.807, 2.05) is 13.8 Å². The van der Waals surface area contributed by atoms with Crippen LogP contribution < -0.4 is 5.32 Å². The minimum absolute atomic E-state index is 0.00176. The molecule has 2 aromatic rings. The molecule has 126 valence electrons. The quantitative estimate of drug-likeness (QED) is 0.930. The van der Waals surface area contributed by atoms with E-state index in [2.05, 4.69) is 10.4 Å². The monoisotopic (exact) mass is 330 g/mol. The number of benzene rings is 1. The van der Waals surface area contributed by atoms with Crippen LogP contribution in [0.5, 0.6) is 0 Å². The lowest BCUT2D eigenvalue weighted by molar-refractivity contribution is 0.0683. The van der Waals surface area contributed by atoms with E-state index in [4.69, 9.17) is 0 Å². The molecule has 1 aliphatic heterocycles. The van der Waals surface area contributed by atoms with Gasteiger partial charge in [-0.05, 0) is 31.5 Å². The molecule has 1 aromatic carbocycles. The molecule has 1 N–H and O–H groups in total. The normalized spacial score (nSPS) is 14.0. The third-order valence-corrected chi connectivity index (χ3v) is 3.81. The summed E-state index contributed by atoms with van der Waals surface area (Å²) in [5, 5.41) is 6.98. The Bertz CT molecular complexity index is 767. The Labute approximate surface area is 139 Å². The second-order valence-electron chi connectivity index (χ2n) is 6.12. The molecule has 0 bridgehead atoms. The second-order valence-corrected chi connectivity index (χ2v) is 6.12. The summed E-state index contributed by atoms with van der Waals surface area (Å²) in [4.78, 5) is 26.3. The minimum Gasteiger partial charge on any atom is -0.348 e. The van der Waals surface area contributed by atoms with E-state index in [-0.39, 0.29) is 29.4 Å². The van der Waals surface area contributed by atoms with Crippen molar-refractivity contribution in [3.8, 4) is 0 Å². The molecule has 0 fully saturated rings. The summed E-state index contributed by atoms with van der Waals surface area (Å²) in [6.07, 6.45) is 0. The Morgan fingerprint density at radius 3 is 2.67 bits per heavy atom. The van der Waals surface area contributed by atoms with Gasteiger partial charge < -0.3 is 10.2 Å². The van der Waals surface area contributed by atoms with E-state index in [9.17, 15) is 14.0 Å². The first-order valence-corrected chi connectivity index (χ1v) is 7.86. The van der Waals surface area contributed by atoms with Crippen molar-refractivity contribution in [1.82, 2.24) is 20.0 Å². The number of carbonyl (C=O) groups is 2. The summed E-state index contributed by atoms with van der Waals surface area (Å²) in [7, 11) is 0. The van der Waals surface area contributed by atoms with E-state index < -0.39 is 0 Å².